The van der Waals surface area contributed by atoms with Crippen LogP contribution in [0.3, 0.4) is 0 Å². The Morgan fingerprint density at radius 2 is 1.75 bits per heavy atom. The Labute approximate surface area is 254 Å². The molecule has 3 aliphatic heterocycles. The van der Waals surface area contributed by atoms with Gasteiger partial charge in [-0.2, -0.15) is 0 Å². The third kappa shape index (κ3) is 4.04. The maximum absolute atomic E-state index is 15.5. The third-order valence-corrected chi connectivity index (χ3v) is 9.48. The largest absolute Gasteiger partial charge is 0.482 e. The summed E-state index contributed by atoms with van der Waals surface area (Å²) in [5.74, 6) is -2.08. The lowest BCUT2D eigenvalue weighted by Gasteiger charge is -2.51. The molecule has 0 bridgehead atoms. The highest BCUT2D eigenvalue weighted by Gasteiger charge is 2.48. The number of carbonyl (C=O) groups excluding carboxylic acids is 1. The molecule has 1 amide bonds. The Kier molecular flexibility index (Phi) is 6.26. The fraction of sp³-hybridized carbons (Fsp3) is 0.188. The Morgan fingerprint density at radius 3 is 2.61 bits per heavy atom. The molecule has 9 nitrogen and oxygen atoms in total. The number of hydrogen-bond acceptors (Lipinski definition) is 7. The average molecular weight is 611 g/mol. The summed E-state index contributed by atoms with van der Waals surface area (Å²) in [6.45, 7) is 0.762. The van der Waals surface area contributed by atoms with E-state index in [1.54, 1.807) is 32.7 Å². The van der Waals surface area contributed by atoms with E-state index in [0.717, 1.165) is 22.1 Å². The van der Waals surface area contributed by atoms with E-state index >= 15 is 4.39 Å². The number of amides is 1. The molecule has 5 heterocycles. The summed E-state index contributed by atoms with van der Waals surface area (Å²) < 4.78 is 39.7. The van der Waals surface area contributed by atoms with Crippen LogP contribution in [-0.4, -0.2) is 37.0 Å². The van der Waals surface area contributed by atoms with Crippen LogP contribution in [0.2, 0.25) is 0 Å². The number of carbonyl (C=O) groups is 1. The van der Waals surface area contributed by atoms with Gasteiger partial charge in [0.15, 0.2) is 29.2 Å². The Balaban J connectivity index is 1.40. The number of nitrogens with zero attached hydrogens (tertiary/aromatic N) is 6. The molecule has 2 atom stereocenters. The zero-order valence-electron chi connectivity index (χ0n) is 23.1. The third-order valence-electron chi connectivity index (χ3n) is 8.36. The first-order valence-electron chi connectivity index (χ1n) is 14.1. The van der Waals surface area contributed by atoms with Crippen molar-refractivity contribution in [2.45, 2.75) is 36.0 Å². The summed E-state index contributed by atoms with van der Waals surface area (Å²) in [4.78, 5) is 30.3. The monoisotopic (exact) mass is 610 g/mol. The molecular weight excluding hydrogens is 586 g/mol. The second-order valence-electron chi connectivity index (χ2n) is 10.8. The van der Waals surface area contributed by atoms with Crippen molar-refractivity contribution >= 4 is 17.7 Å². The molecule has 220 valence electrons. The highest BCUT2D eigenvalue weighted by Crippen LogP contribution is 2.48. The lowest BCUT2D eigenvalue weighted by Crippen LogP contribution is -2.60. The lowest BCUT2D eigenvalue weighted by molar-refractivity contribution is 0.0461. The molecule has 0 N–H and O–H groups in total. The lowest BCUT2D eigenvalue weighted by atomic mass is 9.92. The number of pyridine rings is 1. The second kappa shape index (κ2) is 10.3. The first-order valence-corrected chi connectivity index (χ1v) is 15.1. The minimum atomic E-state index is -0.926. The first kappa shape index (κ1) is 26.6. The number of hydrogen-bond donors (Lipinski definition) is 0. The van der Waals surface area contributed by atoms with Crippen LogP contribution in [0.1, 0.15) is 50.6 Å². The van der Waals surface area contributed by atoms with Crippen LogP contribution in [0, 0.1) is 11.6 Å². The number of ether oxygens (including phenoxy) is 1. The van der Waals surface area contributed by atoms with E-state index < -0.39 is 29.3 Å². The van der Waals surface area contributed by atoms with E-state index in [0.29, 0.717) is 17.8 Å². The van der Waals surface area contributed by atoms with E-state index in [-0.39, 0.29) is 41.8 Å². The van der Waals surface area contributed by atoms with Gasteiger partial charge in [0.05, 0.1) is 18.8 Å². The number of rotatable bonds is 4. The highest BCUT2D eigenvalue weighted by atomic mass is 32.2. The van der Waals surface area contributed by atoms with Gasteiger partial charge in [-0.25, -0.2) is 13.5 Å². The molecule has 8 rings (SSSR count). The van der Waals surface area contributed by atoms with E-state index in [1.807, 2.05) is 59.6 Å². The van der Waals surface area contributed by atoms with Gasteiger partial charge in [0.25, 0.3) is 5.91 Å². The van der Waals surface area contributed by atoms with Gasteiger partial charge in [0.1, 0.15) is 12.3 Å². The molecule has 0 radical (unpaired) electrons. The first-order chi connectivity index (χ1) is 21.5. The zero-order chi connectivity index (χ0) is 29.9. The molecule has 44 heavy (non-hydrogen) atoms. The fourth-order valence-corrected chi connectivity index (χ4v) is 7.47. The van der Waals surface area contributed by atoms with Gasteiger partial charge >= 0.3 is 0 Å². The second-order valence-corrected chi connectivity index (χ2v) is 11.8. The van der Waals surface area contributed by atoms with Crippen LogP contribution in [0.15, 0.2) is 94.9 Å². The van der Waals surface area contributed by atoms with Gasteiger partial charge in [0.2, 0.25) is 5.43 Å². The topological polar surface area (TPSA) is 85.5 Å². The van der Waals surface area contributed by atoms with Crippen molar-refractivity contribution in [3.8, 4) is 5.75 Å². The van der Waals surface area contributed by atoms with Crippen molar-refractivity contribution in [3.63, 3.8) is 0 Å². The molecule has 0 saturated carbocycles. The number of aromatic nitrogens is 4. The Morgan fingerprint density at radius 1 is 0.932 bits per heavy atom. The number of benzene rings is 3. The smallest absolute Gasteiger partial charge is 0.278 e. The van der Waals surface area contributed by atoms with Gasteiger partial charge in [-0.05, 0) is 28.8 Å². The van der Waals surface area contributed by atoms with Crippen molar-refractivity contribution in [1.29, 1.82) is 0 Å². The van der Waals surface area contributed by atoms with E-state index in [2.05, 4.69) is 10.3 Å². The molecular formula is C32H24F2N6O3S. The van der Waals surface area contributed by atoms with Crippen molar-refractivity contribution in [1.82, 2.24) is 24.6 Å². The van der Waals surface area contributed by atoms with Crippen LogP contribution >= 0.6 is 11.8 Å². The molecule has 2 unspecified atom stereocenters. The summed E-state index contributed by atoms with van der Waals surface area (Å²) in [6, 6.07) is 20.5. The molecule has 5 aromatic rings. The standard InChI is InChI=1S/C32H24F2N6O3S/c33-23-11-10-20-22(27(23)34)18-44-26-9-5-4-8-21(26)28(20)40-31-24-16-35-36-38(24)15-14-37(31)32(42)29-30(25(41)12-13-39(29)40)43-17-19-6-2-1-3-7-19/h1-13,16,28,31H,14-15,17-18H2. The normalized spacial score (nSPS) is 18.5. The van der Waals surface area contributed by atoms with Gasteiger partial charge < -0.3 is 9.64 Å². The van der Waals surface area contributed by atoms with Crippen LogP contribution in [-0.2, 0) is 18.9 Å². The molecule has 12 heteroatoms. The quantitative estimate of drug-likeness (QED) is 0.289. The van der Waals surface area contributed by atoms with E-state index in [1.165, 1.54) is 17.8 Å². The van der Waals surface area contributed by atoms with Gasteiger partial charge in [-0.1, -0.05) is 59.8 Å². The van der Waals surface area contributed by atoms with Crippen molar-refractivity contribution in [3.05, 3.63) is 141 Å². The van der Waals surface area contributed by atoms with Crippen LogP contribution in [0.25, 0.3) is 0 Å². The summed E-state index contributed by atoms with van der Waals surface area (Å²) in [5, 5.41) is 10.3. The van der Waals surface area contributed by atoms with Gasteiger partial charge in [-0.3, -0.25) is 19.3 Å². The highest BCUT2D eigenvalue weighted by molar-refractivity contribution is 7.98. The average Bonchev–Trinajstić information content (AvgIpc) is 3.47. The Bertz CT molecular complexity index is 2000. The molecule has 0 spiro atoms. The van der Waals surface area contributed by atoms with Crippen LogP contribution in [0.5, 0.6) is 5.75 Å². The predicted octanol–water partition coefficient (Wildman–Crippen LogP) is 4.80. The zero-order valence-corrected chi connectivity index (χ0v) is 24.0. The predicted molar refractivity (Wildman–Crippen MR) is 158 cm³/mol. The van der Waals surface area contributed by atoms with Crippen LogP contribution in [0.4, 0.5) is 8.78 Å². The van der Waals surface area contributed by atoms with E-state index in [4.69, 9.17) is 4.74 Å². The number of fused-ring (bicyclic) bond motifs is 6. The summed E-state index contributed by atoms with van der Waals surface area (Å²) in [6.07, 6.45) is 2.43. The van der Waals surface area contributed by atoms with Crippen molar-refractivity contribution < 1.29 is 18.3 Å². The minimum Gasteiger partial charge on any atom is -0.482 e. The Hall–Kier alpha value is -4.97. The fourth-order valence-electron chi connectivity index (χ4n) is 6.35. The number of thioether (sulfide) groups is 1. The number of halogens is 2. The van der Waals surface area contributed by atoms with Crippen LogP contribution < -0.4 is 15.2 Å². The molecule has 3 aromatic carbocycles. The SMILES string of the molecule is O=C1c2c(OCc3ccccc3)c(=O)ccn2N(C2c3ccccc3SCc3c2ccc(F)c3F)C2c3cnnn3CCN12. The van der Waals surface area contributed by atoms with Gasteiger partial charge in [0, 0.05) is 35.0 Å². The summed E-state index contributed by atoms with van der Waals surface area (Å²) in [7, 11) is 0. The molecule has 3 aliphatic rings. The molecule has 2 aromatic heterocycles. The molecule has 0 saturated heterocycles. The van der Waals surface area contributed by atoms with Crippen molar-refractivity contribution in [2.75, 3.05) is 11.6 Å². The van der Waals surface area contributed by atoms with Gasteiger partial charge in [-0.15, -0.1) is 16.9 Å². The summed E-state index contributed by atoms with van der Waals surface area (Å²) in [5.41, 5.74) is 2.75. The summed E-state index contributed by atoms with van der Waals surface area (Å²) >= 11 is 1.42. The van der Waals surface area contributed by atoms with Crippen molar-refractivity contribution in [2.24, 2.45) is 0 Å². The van der Waals surface area contributed by atoms with E-state index in [9.17, 15) is 14.0 Å². The molecule has 0 fully saturated rings. The maximum atomic E-state index is 15.5. The molecule has 0 aliphatic carbocycles. The minimum absolute atomic E-state index is 0.0594. The maximum Gasteiger partial charge on any atom is 0.278 e.